The van der Waals surface area contributed by atoms with Gasteiger partial charge in [-0.15, -0.1) is 0 Å². The Morgan fingerprint density at radius 3 is 2.62 bits per heavy atom. The summed E-state index contributed by atoms with van der Waals surface area (Å²) < 4.78 is 0. The zero-order valence-electron chi connectivity index (χ0n) is 7.42. The minimum Gasteiger partial charge on any atom is -0.193 e. The van der Waals surface area contributed by atoms with Gasteiger partial charge in [0.2, 0.25) is 0 Å². The van der Waals surface area contributed by atoms with E-state index >= 15 is 0 Å². The van der Waals surface area contributed by atoms with Gasteiger partial charge in [-0.3, -0.25) is 0 Å². The van der Waals surface area contributed by atoms with E-state index in [9.17, 15) is 0 Å². The Hall–Kier alpha value is -1.26. The number of hydrogen-bond donors (Lipinski definition) is 0. The molecule has 1 nitrogen and oxygen atoms in total. The first-order valence-electron chi connectivity index (χ1n) is 4.02. The van der Waals surface area contributed by atoms with Crippen molar-refractivity contribution in [3.63, 3.8) is 0 Å². The highest BCUT2D eigenvalue weighted by Gasteiger charge is 1.94. The fraction of sp³-hybridized carbons (Fsp3) is 0.182. The average molecular weight is 192 g/mol. The molecule has 0 aliphatic carbocycles. The highest BCUT2D eigenvalue weighted by Crippen LogP contribution is 2.12. The molecule has 0 aliphatic rings. The van der Waals surface area contributed by atoms with E-state index in [0.717, 1.165) is 17.0 Å². The molecule has 2 heteroatoms. The minimum atomic E-state index is 0.741. The summed E-state index contributed by atoms with van der Waals surface area (Å²) in [4.78, 5) is 0. The summed E-state index contributed by atoms with van der Waals surface area (Å²) in [7, 11) is 0. The van der Waals surface area contributed by atoms with E-state index in [4.69, 9.17) is 16.9 Å². The van der Waals surface area contributed by atoms with Gasteiger partial charge in [0, 0.05) is 11.1 Å². The Bertz CT molecular complexity index is 343. The molecule has 0 saturated heterocycles. The summed E-state index contributed by atoms with van der Waals surface area (Å²) >= 11 is 5.74. The first-order valence-corrected chi connectivity index (χ1v) is 4.40. The molecule has 0 unspecified atom stereocenters. The fourth-order valence-electron chi connectivity index (χ4n) is 1.09. The second-order valence-electron chi connectivity index (χ2n) is 2.92. The molecule has 0 spiro atoms. The fourth-order valence-corrected chi connectivity index (χ4v) is 1.21. The second-order valence-corrected chi connectivity index (χ2v) is 3.36. The zero-order valence-corrected chi connectivity index (χ0v) is 8.17. The molecule has 0 bridgehead atoms. The maximum Gasteiger partial charge on any atom is 0.0911 e. The lowest BCUT2D eigenvalue weighted by atomic mass is 10.1. The Morgan fingerprint density at radius 1 is 1.46 bits per heavy atom. The second kappa shape index (κ2) is 4.69. The summed E-state index contributed by atoms with van der Waals surface area (Å²) in [6.45, 7) is 1.94. The van der Waals surface area contributed by atoms with E-state index in [2.05, 4.69) is 0 Å². The van der Waals surface area contributed by atoms with Gasteiger partial charge in [0.15, 0.2) is 0 Å². The maximum absolute atomic E-state index is 8.41. The van der Waals surface area contributed by atoms with Gasteiger partial charge in [0.05, 0.1) is 6.07 Å². The van der Waals surface area contributed by atoms with Gasteiger partial charge in [-0.05, 0) is 31.0 Å². The van der Waals surface area contributed by atoms with Gasteiger partial charge in [0.1, 0.15) is 0 Å². The molecule has 1 rings (SSSR count). The zero-order chi connectivity index (χ0) is 9.68. The van der Waals surface area contributed by atoms with Crippen molar-refractivity contribution in [1.82, 2.24) is 0 Å². The van der Waals surface area contributed by atoms with Gasteiger partial charge >= 0.3 is 0 Å². The summed E-state index contributed by atoms with van der Waals surface area (Å²) in [6.07, 6.45) is 2.37. The van der Waals surface area contributed by atoms with Crippen LogP contribution in [0.3, 0.4) is 0 Å². The van der Waals surface area contributed by atoms with Crippen molar-refractivity contribution in [3.05, 3.63) is 46.5 Å². The van der Waals surface area contributed by atoms with Crippen LogP contribution in [-0.4, -0.2) is 0 Å². The molecule has 1 aromatic carbocycles. The van der Waals surface area contributed by atoms with E-state index in [0.29, 0.717) is 0 Å². The van der Waals surface area contributed by atoms with Gasteiger partial charge in [-0.2, -0.15) is 5.26 Å². The Balaban J connectivity index is 2.71. The molecule has 0 radical (unpaired) electrons. The van der Waals surface area contributed by atoms with E-state index in [-0.39, 0.29) is 0 Å². The lowest BCUT2D eigenvalue weighted by Gasteiger charge is -1.99. The molecule has 0 fully saturated rings. The molecule has 0 amide bonds. The molecule has 1 aromatic rings. The number of nitriles is 1. The van der Waals surface area contributed by atoms with Crippen LogP contribution >= 0.6 is 11.6 Å². The summed E-state index contributed by atoms with van der Waals surface area (Å²) in [5, 5.41) is 9.15. The van der Waals surface area contributed by atoms with Crippen molar-refractivity contribution in [2.24, 2.45) is 0 Å². The van der Waals surface area contributed by atoms with Crippen molar-refractivity contribution in [3.8, 4) is 6.07 Å². The van der Waals surface area contributed by atoms with Crippen LogP contribution in [0.4, 0.5) is 0 Å². The standard InChI is InChI=1S/C11H10ClN/c1-9(6-7-13)8-10-2-4-11(12)5-3-10/h2-6H,8H2,1H3/b9-6-. The predicted octanol–water partition coefficient (Wildman–Crippen LogP) is 3.35. The van der Waals surface area contributed by atoms with Gasteiger partial charge in [-0.1, -0.05) is 29.3 Å². The average Bonchev–Trinajstić information content (AvgIpc) is 2.09. The number of halogens is 1. The molecule has 0 N–H and O–H groups in total. The van der Waals surface area contributed by atoms with Crippen molar-refractivity contribution < 1.29 is 0 Å². The number of nitrogens with zero attached hydrogens (tertiary/aromatic N) is 1. The molecule has 66 valence electrons. The van der Waals surface area contributed by atoms with Crippen LogP contribution in [0.5, 0.6) is 0 Å². The molecule has 13 heavy (non-hydrogen) atoms. The lowest BCUT2D eigenvalue weighted by Crippen LogP contribution is -1.85. The minimum absolute atomic E-state index is 0.741. The topological polar surface area (TPSA) is 23.8 Å². The van der Waals surface area contributed by atoms with Gasteiger partial charge in [0.25, 0.3) is 0 Å². The van der Waals surface area contributed by atoms with Crippen LogP contribution in [0, 0.1) is 11.3 Å². The smallest absolute Gasteiger partial charge is 0.0911 e. The number of allylic oxidation sites excluding steroid dienone is 2. The van der Waals surface area contributed by atoms with E-state index < -0.39 is 0 Å². The predicted molar refractivity (Wildman–Crippen MR) is 54.5 cm³/mol. The largest absolute Gasteiger partial charge is 0.193 e. The summed E-state index contributed by atoms with van der Waals surface area (Å²) in [6, 6.07) is 9.66. The molecule has 0 saturated carbocycles. The van der Waals surface area contributed by atoms with Crippen molar-refractivity contribution in [1.29, 1.82) is 5.26 Å². The van der Waals surface area contributed by atoms with E-state index in [1.54, 1.807) is 6.08 Å². The molecule has 0 aromatic heterocycles. The lowest BCUT2D eigenvalue weighted by molar-refractivity contribution is 1.14. The van der Waals surface area contributed by atoms with Crippen LogP contribution in [0.1, 0.15) is 12.5 Å². The number of rotatable bonds is 2. The van der Waals surface area contributed by atoms with Gasteiger partial charge in [-0.25, -0.2) is 0 Å². The van der Waals surface area contributed by atoms with E-state index in [1.807, 2.05) is 37.3 Å². The normalized spacial score (nSPS) is 11.0. The molecule has 0 heterocycles. The molecular weight excluding hydrogens is 182 g/mol. The van der Waals surface area contributed by atoms with Gasteiger partial charge < -0.3 is 0 Å². The number of hydrogen-bond acceptors (Lipinski definition) is 1. The Morgan fingerprint density at radius 2 is 2.08 bits per heavy atom. The first-order chi connectivity index (χ1) is 6.22. The third-order valence-electron chi connectivity index (χ3n) is 1.71. The Labute approximate surface area is 83.3 Å². The molecular formula is C11H10ClN. The first kappa shape index (κ1) is 9.83. The van der Waals surface area contributed by atoms with Crippen LogP contribution in [0.25, 0.3) is 0 Å². The van der Waals surface area contributed by atoms with Crippen LogP contribution in [-0.2, 0) is 6.42 Å². The third-order valence-corrected chi connectivity index (χ3v) is 1.96. The van der Waals surface area contributed by atoms with Crippen molar-refractivity contribution >= 4 is 11.6 Å². The molecule has 0 aliphatic heterocycles. The van der Waals surface area contributed by atoms with Crippen LogP contribution in [0.2, 0.25) is 5.02 Å². The van der Waals surface area contributed by atoms with Crippen molar-refractivity contribution in [2.75, 3.05) is 0 Å². The Kier molecular flexibility index (Phi) is 3.54. The summed E-state index contributed by atoms with van der Waals surface area (Å²) in [5.41, 5.74) is 2.23. The monoisotopic (exact) mass is 191 g/mol. The highest BCUT2D eigenvalue weighted by atomic mass is 35.5. The highest BCUT2D eigenvalue weighted by molar-refractivity contribution is 6.30. The quantitative estimate of drug-likeness (QED) is 0.658. The third kappa shape index (κ3) is 3.31. The van der Waals surface area contributed by atoms with Crippen molar-refractivity contribution in [2.45, 2.75) is 13.3 Å². The van der Waals surface area contributed by atoms with E-state index in [1.165, 1.54) is 5.56 Å². The van der Waals surface area contributed by atoms with Crippen LogP contribution < -0.4 is 0 Å². The summed E-state index contributed by atoms with van der Waals surface area (Å²) in [5.74, 6) is 0. The molecule has 0 atom stereocenters. The maximum atomic E-state index is 8.41. The van der Waals surface area contributed by atoms with Crippen LogP contribution in [0.15, 0.2) is 35.9 Å². The SMILES string of the molecule is C/C(=C/C#N)Cc1ccc(Cl)cc1. The number of benzene rings is 1.